The van der Waals surface area contributed by atoms with Crippen LogP contribution in [-0.2, 0) is 0 Å². The molecule has 9 heavy (non-hydrogen) atoms. The molecule has 0 aliphatic carbocycles. The maximum atomic E-state index is 11.0. The first-order valence-electron chi connectivity index (χ1n) is 1.41. The maximum Gasteiger partial charge on any atom is 0.345 e. The quantitative estimate of drug-likeness (QED) is 0.360. The molecule has 0 fully saturated rings. The molecule has 0 heterocycles. The van der Waals surface area contributed by atoms with E-state index in [1.165, 1.54) is 0 Å². The van der Waals surface area contributed by atoms with E-state index in [0.29, 0.717) is 0 Å². The zero-order valence-corrected chi connectivity index (χ0v) is 6.65. The van der Waals surface area contributed by atoms with Gasteiger partial charge in [0.25, 0.3) is 0 Å². The highest BCUT2D eigenvalue weighted by atomic mass is 127. The molecular formula is C2F5IS. The summed E-state index contributed by atoms with van der Waals surface area (Å²) >= 11 is 0.901. The summed E-state index contributed by atoms with van der Waals surface area (Å²) in [6.45, 7) is 0. The molecule has 0 radical (unpaired) electrons. The van der Waals surface area contributed by atoms with Gasteiger partial charge in [0.15, 0.2) is 0 Å². The Bertz CT molecular complexity index is 176. The number of hydrogen-bond donors (Lipinski definition) is 0. The Kier molecular flexibility index (Phi) is 1.52. The molecule has 0 bridgehead atoms. The van der Waals surface area contributed by atoms with Gasteiger partial charge in [-0.25, -0.2) is 0 Å². The van der Waals surface area contributed by atoms with Crippen molar-refractivity contribution < 1.29 is 19.4 Å². The van der Waals surface area contributed by atoms with Crippen molar-refractivity contribution in [2.75, 3.05) is 0 Å². The first-order valence-corrected chi connectivity index (χ1v) is 4.44. The third kappa shape index (κ3) is 8.29. The van der Waals surface area contributed by atoms with Gasteiger partial charge in [-0.2, -0.15) is 0 Å². The van der Waals surface area contributed by atoms with Crippen molar-refractivity contribution >= 4 is 32.8 Å². The van der Waals surface area contributed by atoms with Crippen LogP contribution in [-0.4, -0.2) is 0 Å². The predicted octanol–water partition coefficient (Wildman–Crippen LogP) is 3.64. The van der Waals surface area contributed by atoms with Gasteiger partial charge in [-0.3, -0.25) is 0 Å². The molecule has 0 unspecified atom stereocenters. The normalized spacial score (nSPS) is 18.9. The molecule has 0 saturated heterocycles. The van der Waals surface area contributed by atoms with E-state index in [0.717, 1.165) is 26.5 Å². The van der Waals surface area contributed by atoms with Crippen molar-refractivity contribution in [3.8, 4) is 9.18 Å². The average Bonchev–Trinajstić information content (AvgIpc) is 1.22. The minimum Gasteiger partial charge on any atom is -0.0873 e. The minimum atomic E-state index is -9.40. The lowest BCUT2D eigenvalue weighted by Gasteiger charge is -2.33. The Labute approximate surface area is 61.7 Å². The van der Waals surface area contributed by atoms with E-state index in [4.69, 9.17) is 0 Å². The van der Waals surface area contributed by atoms with Gasteiger partial charge in [0.05, 0.1) is 5.25 Å². The highest BCUT2D eigenvalue weighted by molar-refractivity contribution is 14.1. The van der Waals surface area contributed by atoms with Crippen molar-refractivity contribution in [1.82, 2.24) is 0 Å². The monoisotopic (exact) mass is 278 g/mol. The second-order valence-corrected chi connectivity index (χ2v) is 3.85. The molecule has 0 aromatic carbocycles. The van der Waals surface area contributed by atoms with Crippen LogP contribution in [0.1, 0.15) is 0 Å². The van der Waals surface area contributed by atoms with Crippen LogP contribution in [0, 0.1) is 9.18 Å². The second-order valence-electron chi connectivity index (χ2n) is 1.17. The van der Waals surface area contributed by atoms with E-state index in [-0.39, 0.29) is 5.25 Å². The van der Waals surface area contributed by atoms with Gasteiger partial charge in [-0.1, -0.05) is 19.4 Å². The molecule has 0 saturated carbocycles. The zero-order chi connectivity index (χ0) is 7.82. The summed E-state index contributed by atoms with van der Waals surface area (Å²) < 4.78 is 56.3. The van der Waals surface area contributed by atoms with Gasteiger partial charge in [0.1, 0.15) is 0 Å². The van der Waals surface area contributed by atoms with Crippen molar-refractivity contribution in [1.29, 1.82) is 0 Å². The predicted molar refractivity (Wildman–Crippen MR) is 34.9 cm³/mol. The Morgan fingerprint density at radius 2 is 1.33 bits per heavy atom. The van der Waals surface area contributed by atoms with Gasteiger partial charge in [-0.15, -0.1) is 0 Å². The molecule has 0 spiro atoms. The lowest BCUT2D eigenvalue weighted by molar-refractivity contribution is 0.389. The van der Waals surface area contributed by atoms with Crippen molar-refractivity contribution in [3.05, 3.63) is 0 Å². The summed E-state index contributed by atoms with van der Waals surface area (Å²) in [5, 5.41) is -0.0411. The summed E-state index contributed by atoms with van der Waals surface area (Å²) in [4.78, 5) is 0. The van der Waals surface area contributed by atoms with Crippen molar-refractivity contribution in [2.24, 2.45) is 0 Å². The Balaban J connectivity index is 4.93. The molecule has 0 amide bonds. The van der Waals surface area contributed by atoms with Crippen LogP contribution in [0.15, 0.2) is 0 Å². The fourth-order valence-corrected chi connectivity index (χ4v) is 1.47. The zero-order valence-electron chi connectivity index (χ0n) is 3.68. The molecule has 0 N–H and O–H groups in total. The number of rotatable bonds is 0. The van der Waals surface area contributed by atoms with Gasteiger partial charge < -0.3 is 0 Å². The summed E-state index contributed by atoms with van der Waals surface area (Å²) in [7, 11) is -9.40. The van der Waals surface area contributed by atoms with E-state index in [9.17, 15) is 19.4 Å². The standard InChI is InChI=1S/C2F5IS/c3-9(4,5,6,7)2-1-8. The van der Waals surface area contributed by atoms with E-state index < -0.39 is 10.2 Å². The fourth-order valence-electron chi connectivity index (χ4n) is 0.0729. The summed E-state index contributed by atoms with van der Waals surface area (Å²) in [5.74, 6) is 0. The molecule has 7 heteroatoms. The second kappa shape index (κ2) is 1.47. The number of halogens is 6. The molecular weight excluding hydrogens is 278 g/mol. The van der Waals surface area contributed by atoms with Crippen LogP contribution >= 0.6 is 32.8 Å². The van der Waals surface area contributed by atoms with E-state index >= 15 is 0 Å². The lowest BCUT2D eigenvalue weighted by atomic mass is 11.4. The molecule has 0 aliphatic rings. The van der Waals surface area contributed by atoms with Gasteiger partial charge in [0.2, 0.25) is 0 Å². The summed E-state index contributed by atoms with van der Waals surface area (Å²) in [6.07, 6.45) is 0. The van der Waals surface area contributed by atoms with Gasteiger partial charge in [0, 0.05) is 22.6 Å². The molecule has 0 aromatic heterocycles. The van der Waals surface area contributed by atoms with Crippen molar-refractivity contribution in [2.45, 2.75) is 0 Å². The Hall–Kier alpha value is 0.290. The highest BCUT2D eigenvalue weighted by Gasteiger charge is 2.62. The summed E-state index contributed by atoms with van der Waals surface area (Å²) in [6, 6.07) is 0. The van der Waals surface area contributed by atoms with Gasteiger partial charge in [-0.05, 0) is 3.93 Å². The molecule has 0 rings (SSSR count). The molecule has 56 valence electrons. The average molecular weight is 278 g/mol. The van der Waals surface area contributed by atoms with Crippen LogP contribution in [0.5, 0.6) is 0 Å². The first kappa shape index (κ1) is 9.29. The van der Waals surface area contributed by atoms with Gasteiger partial charge >= 0.3 is 10.2 Å². The topological polar surface area (TPSA) is 0 Å². The number of hydrogen-bond acceptors (Lipinski definition) is 0. The fraction of sp³-hybridized carbons (Fsp3) is 0. The lowest BCUT2D eigenvalue weighted by Crippen LogP contribution is -1.99. The molecule has 0 atom stereocenters. The molecule has 0 aliphatic heterocycles. The third-order valence-corrected chi connectivity index (χ3v) is 1.35. The van der Waals surface area contributed by atoms with E-state index in [1.807, 2.05) is 0 Å². The first-order chi connectivity index (χ1) is 3.54. The SMILES string of the molecule is FS(F)(F)(F)(F)C#CI. The van der Waals surface area contributed by atoms with Crippen LogP contribution in [0.2, 0.25) is 0 Å². The van der Waals surface area contributed by atoms with E-state index in [1.54, 1.807) is 0 Å². The van der Waals surface area contributed by atoms with Crippen LogP contribution < -0.4 is 0 Å². The largest absolute Gasteiger partial charge is 0.345 e. The summed E-state index contributed by atoms with van der Waals surface area (Å²) in [5.41, 5.74) is 0. The minimum absolute atomic E-state index is 0.0411. The van der Waals surface area contributed by atoms with Crippen molar-refractivity contribution in [3.63, 3.8) is 0 Å². The third-order valence-electron chi connectivity index (χ3n) is 0.231. The van der Waals surface area contributed by atoms with Crippen LogP contribution in [0.25, 0.3) is 0 Å². The van der Waals surface area contributed by atoms with Crippen LogP contribution in [0.3, 0.4) is 0 Å². The Morgan fingerprint density at radius 1 is 1.00 bits per heavy atom. The maximum absolute atomic E-state index is 11.0. The Morgan fingerprint density at radius 3 is 1.33 bits per heavy atom. The smallest absolute Gasteiger partial charge is 0.0873 e. The molecule has 0 aromatic rings. The highest BCUT2D eigenvalue weighted by Crippen LogP contribution is 2.97. The van der Waals surface area contributed by atoms with Crippen LogP contribution in [0.4, 0.5) is 19.4 Å². The van der Waals surface area contributed by atoms with E-state index in [2.05, 4.69) is 0 Å². The molecule has 0 nitrogen and oxygen atoms in total.